The molecule has 0 aliphatic heterocycles. The van der Waals surface area contributed by atoms with Crippen LogP contribution in [0.15, 0.2) is 71.6 Å². The summed E-state index contributed by atoms with van der Waals surface area (Å²) in [6.07, 6.45) is 0. The lowest BCUT2D eigenvalue weighted by Gasteiger charge is -2.12. The molecule has 168 valence electrons. The van der Waals surface area contributed by atoms with E-state index in [0.29, 0.717) is 25.9 Å². The Kier molecular flexibility index (Phi) is 6.32. The van der Waals surface area contributed by atoms with E-state index < -0.39 is 21.9 Å². The highest BCUT2D eigenvalue weighted by molar-refractivity contribution is 7.92. The van der Waals surface area contributed by atoms with Crippen molar-refractivity contribution in [2.75, 3.05) is 17.1 Å². The third-order valence-corrected chi connectivity index (χ3v) is 7.14. The van der Waals surface area contributed by atoms with E-state index in [1.165, 1.54) is 54.8 Å². The fourth-order valence-electron chi connectivity index (χ4n) is 2.97. The molecule has 0 bridgehead atoms. The maximum Gasteiger partial charge on any atom is 0.337 e. The minimum atomic E-state index is -3.94. The number of hydrogen-bond donors (Lipinski definition) is 2. The summed E-state index contributed by atoms with van der Waals surface area (Å²) in [5.74, 6) is -1.02. The SMILES string of the molecule is COC(=O)c1ccc2nc(NC(=O)c3ccccc3NS(=O)(=O)c3ccc(Cl)cc3)sc2c1. The van der Waals surface area contributed by atoms with Gasteiger partial charge in [-0.25, -0.2) is 18.2 Å². The maximum atomic E-state index is 12.9. The number of carbonyl (C=O) groups is 2. The van der Waals surface area contributed by atoms with Crippen LogP contribution in [0, 0.1) is 0 Å². The third kappa shape index (κ3) is 4.98. The van der Waals surface area contributed by atoms with Gasteiger partial charge < -0.3 is 4.74 Å². The van der Waals surface area contributed by atoms with Crippen molar-refractivity contribution < 1.29 is 22.7 Å². The normalized spacial score (nSPS) is 11.2. The number of ether oxygens (including phenoxy) is 1. The van der Waals surface area contributed by atoms with Gasteiger partial charge >= 0.3 is 5.97 Å². The molecule has 33 heavy (non-hydrogen) atoms. The molecular weight excluding hydrogens is 486 g/mol. The molecule has 2 N–H and O–H groups in total. The van der Waals surface area contributed by atoms with Gasteiger partial charge in [0.05, 0.1) is 39.0 Å². The van der Waals surface area contributed by atoms with Gasteiger partial charge in [0.15, 0.2) is 5.13 Å². The van der Waals surface area contributed by atoms with Crippen molar-refractivity contribution in [3.05, 3.63) is 82.9 Å². The zero-order chi connectivity index (χ0) is 23.6. The highest BCUT2D eigenvalue weighted by atomic mass is 35.5. The van der Waals surface area contributed by atoms with Crippen LogP contribution in [0.5, 0.6) is 0 Å². The highest BCUT2D eigenvalue weighted by Gasteiger charge is 2.20. The van der Waals surface area contributed by atoms with Crippen LogP contribution < -0.4 is 10.0 Å². The molecule has 0 atom stereocenters. The topological polar surface area (TPSA) is 114 Å². The lowest BCUT2D eigenvalue weighted by atomic mass is 10.2. The van der Waals surface area contributed by atoms with Gasteiger partial charge in [0.2, 0.25) is 0 Å². The van der Waals surface area contributed by atoms with E-state index in [-0.39, 0.29) is 16.1 Å². The van der Waals surface area contributed by atoms with E-state index in [9.17, 15) is 18.0 Å². The molecule has 0 saturated heterocycles. The summed E-state index contributed by atoms with van der Waals surface area (Å²) in [7, 11) is -2.65. The fraction of sp³-hybridized carbons (Fsp3) is 0.0455. The summed E-state index contributed by atoms with van der Waals surface area (Å²) in [4.78, 5) is 29.0. The number of aromatic nitrogens is 1. The minimum absolute atomic E-state index is 0.00898. The van der Waals surface area contributed by atoms with Gasteiger partial charge in [-0.15, -0.1) is 0 Å². The molecule has 0 saturated carbocycles. The van der Waals surface area contributed by atoms with Gasteiger partial charge in [0.25, 0.3) is 15.9 Å². The molecular formula is C22H16ClN3O5S2. The molecule has 4 aromatic rings. The number of sulfonamides is 1. The summed E-state index contributed by atoms with van der Waals surface area (Å²) >= 11 is 7.01. The first-order chi connectivity index (χ1) is 15.8. The van der Waals surface area contributed by atoms with Crippen LogP contribution in [-0.2, 0) is 14.8 Å². The van der Waals surface area contributed by atoms with Gasteiger partial charge in [0.1, 0.15) is 0 Å². The summed E-state index contributed by atoms with van der Waals surface area (Å²) in [6, 6.07) is 16.8. The summed E-state index contributed by atoms with van der Waals surface area (Å²) < 4.78 is 33.3. The average molecular weight is 502 g/mol. The first-order valence-electron chi connectivity index (χ1n) is 9.44. The summed E-state index contributed by atoms with van der Waals surface area (Å²) in [6.45, 7) is 0. The lowest BCUT2D eigenvalue weighted by Crippen LogP contribution is -2.18. The number of nitrogens with zero attached hydrogens (tertiary/aromatic N) is 1. The number of nitrogens with one attached hydrogen (secondary N) is 2. The number of halogens is 1. The molecule has 8 nitrogen and oxygen atoms in total. The molecule has 1 amide bonds. The number of fused-ring (bicyclic) bond motifs is 1. The molecule has 1 aromatic heterocycles. The zero-order valence-corrected chi connectivity index (χ0v) is 19.4. The van der Waals surface area contributed by atoms with E-state index in [1.54, 1.807) is 30.3 Å². The van der Waals surface area contributed by atoms with Gasteiger partial charge in [-0.3, -0.25) is 14.8 Å². The van der Waals surface area contributed by atoms with Crippen molar-refractivity contribution >= 4 is 65.9 Å². The van der Waals surface area contributed by atoms with Crippen LogP contribution >= 0.6 is 22.9 Å². The number of esters is 1. The van der Waals surface area contributed by atoms with Crippen molar-refractivity contribution in [1.29, 1.82) is 0 Å². The van der Waals surface area contributed by atoms with Crippen LogP contribution in [0.4, 0.5) is 10.8 Å². The molecule has 11 heteroatoms. The van der Waals surface area contributed by atoms with Crippen molar-refractivity contribution in [2.45, 2.75) is 4.90 Å². The molecule has 4 rings (SSSR count). The second-order valence-electron chi connectivity index (χ2n) is 6.75. The van der Waals surface area contributed by atoms with Crippen LogP contribution in [0.2, 0.25) is 5.02 Å². The maximum absolute atomic E-state index is 12.9. The first-order valence-corrected chi connectivity index (χ1v) is 12.1. The highest BCUT2D eigenvalue weighted by Crippen LogP contribution is 2.28. The molecule has 0 spiro atoms. The number of anilines is 2. The predicted octanol–water partition coefficient (Wildman–Crippen LogP) is 4.79. The minimum Gasteiger partial charge on any atom is -0.465 e. The summed E-state index contributed by atoms with van der Waals surface area (Å²) in [5, 5.41) is 3.39. The number of rotatable bonds is 6. The number of para-hydroxylation sites is 1. The van der Waals surface area contributed by atoms with Gasteiger partial charge in [-0.05, 0) is 54.6 Å². The number of benzene rings is 3. The number of thiazole rings is 1. The molecule has 3 aromatic carbocycles. The van der Waals surface area contributed by atoms with Crippen LogP contribution in [0.3, 0.4) is 0 Å². The van der Waals surface area contributed by atoms with Gasteiger partial charge in [0, 0.05) is 5.02 Å². The van der Waals surface area contributed by atoms with Crippen LogP contribution in [0.1, 0.15) is 20.7 Å². The monoisotopic (exact) mass is 501 g/mol. The second kappa shape index (κ2) is 9.18. The van der Waals surface area contributed by atoms with Crippen molar-refractivity contribution in [3.63, 3.8) is 0 Å². The summed E-state index contributed by atoms with van der Waals surface area (Å²) in [5.41, 5.74) is 1.19. The molecule has 1 heterocycles. The Labute approximate surface area is 198 Å². The Morgan fingerprint density at radius 2 is 1.76 bits per heavy atom. The molecule has 0 aliphatic rings. The van der Waals surface area contributed by atoms with Crippen molar-refractivity contribution in [1.82, 2.24) is 4.98 Å². The molecule has 0 fully saturated rings. The van der Waals surface area contributed by atoms with Gasteiger partial charge in [-0.1, -0.05) is 35.1 Å². The third-order valence-electron chi connectivity index (χ3n) is 4.57. The van der Waals surface area contributed by atoms with Crippen molar-refractivity contribution in [3.8, 4) is 0 Å². The number of carbonyl (C=O) groups excluding carboxylic acids is 2. The Hall–Kier alpha value is -3.47. The first kappa shape index (κ1) is 22.7. The van der Waals surface area contributed by atoms with E-state index in [1.807, 2.05) is 0 Å². The lowest BCUT2D eigenvalue weighted by molar-refractivity contribution is 0.0600. The van der Waals surface area contributed by atoms with E-state index in [2.05, 4.69) is 15.0 Å². The van der Waals surface area contributed by atoms with Crippen LogP contribution in [0.25, 0.3) is 10.2 Å². The zero-order valence-electron chi connectivity index (χ0n) is 17.0. The number of amides is 1. The largest absolute Gasteiger partial charge is 0.465 e. The average Bonchev–Trinajstić information content (AvgIpc) is 3.20. The molecule has 0 radical (unpaired) electrons. The Bertz CT molecular complexity index is 1470. The Morgan fingerprint density at radius 3 is 2.48 bits per heavy atom. The molecule has 0 aliphatic carbocycles. The van der Waals surface area contributed by atoms with Crippen molar-refractivity contribution in [2.24, 2.45) is 0 Å². The Morgan fingerprint density at radius 1 is 1.03 bits per heavy atom. The quantitative estimate of drug-likeness (QED) is 0.367. The Balaban J connectivity index is 1.58. The van der Waals surface area contributed by atoms with E-state index >= 15 is 0 Å². The fourth-order valence-corrected chi connectivity index (χ4v) is 5.08. The van der Waals surface area contributed by atoms with Gasteiger partial charge in [-0.2, -0.15) is 0 Å². The van der Waals surface area contributed by atoms with Crippen LogP contribution in [-0.4, -0.2) is 32.4 Å². The predicted molar refractivity (Wildman–Crippen MR) is 128 cm³/mol. The van der Waals surface area contributed by atoms with E-state index in [4.69, 9.17) is 16.3 Å². The second-order valence-corrected chi connectivity index (χ2v) is 9.90. The standard InChI is InChI=1S/C22H16ClN3O5S2/c1-31-21(28)13-6-11-18-19(12-13)32-22(24-18)25-20(27)16-4-2-3-5-17(16)26-33(29,30)15-9-7-14(23)8-10-15/h2-12,26H,1H3,(H,24,25,27). The number of hydrogen-bond acceptors (Lipinski definition) is 7. The smallest absolute Gasteiger partial charge is 0.337 e. The molecule has 0 unspecified atom stereocenters. The van der Waals surface area contributed by atoms with E-state index in [0.717, 1.165) is 0 Å². The number of methoxy groups -OCH3 is 1.